The van der Waals surface area contributed by atoms with Gasteiger partial charge in [-0.05, 0) is 42.5 Å². The predicted octanol–water partition coefficient (Wildman–Crippen LogP) is 3.29. The van der Waals surface area contributed by atoms with Gasteiger partial charge in [-0.15, -0.1) is 0 Å². The third-order valence-corrected chi connectivity index (χ3v) is 5.70. The van der Waals surface area contributed by atoms with Crippen LogP contribution in [0.1, 0.15) is 53.2 Å². The van der Waals surface area contributed by atoms with Crippen molar-refractivity contribution in [3.63, 3.8) is 0 Å². The fourth-order valence-corrected chi connectivity index (χ4v) is 4.22. The van der Waals surface area contributed by atoms with Gasteiger partial charge in [-0.2, -0.15) is 0 Å². The predicted molar refractivity (Wildman–Crippen MR) is 106 cm³/mol. The van der Waals surface area contributed by atoms with Crippen molar-refractivity contribution in [3.8, 4) is 0 Å². The minimum Gasteiger partial charge on any atom is -0.479 e. The number of carbonyl (C=O) groups excluding carboxylic acids is 1. The van der Waals surface area contributed by atoms with Gasteiger partial charge < -0.3 is 14.9 Å². The number of aliphatic carboxylic acids is 1. The fraction of sp³-hybridized carbons (Fsp3) is 0.409. The summed E-state index contributed by atoms with van der Waals surface area (Å²) >= 11 is 0. The van der Waals surface area contributed by atoms with E-state index in [1.165, 1.54) is 17.7 Å². The molecule has 1 amide bonds. The Morgan fingerprint density at radius 1 is 0.964 bits per heavy atom. The van der Waals surface area contributed by atoms with E-state index in [4.69, 9.17) is 0 Å². The minimum absolute atomic E-state index is 0.281. The summed E-state index contributed by atoms with van der Waals surface area (Å²) in [6.45, 7) is 2.37. The van der Waals surface area contributed by atoms with E-state index in [0.29, 0.717) is 24.1 Å². The Kier molecular flexibility index (Phi) is 5.28. The number of aromatic nitrogens is 1. The number of carbonyl (C=O) groups is 2. The maximum absolute atomic E-state index is 13.1. The van der Waals surface area contributed by atoms with Gasteiger partial charge >= 0.3 is 5.97 Å². The highest BCUT2D eigenvalue weighted by molar-refractivity contribution is 5.97. The van der Waals surface area contributed by atoms with E-state index < -0.39 is 12.0 Å². The smallest absolute Gasteiger partial charge is 0.331 e. The van der Waals surface area contributed by atoms with E-state index >= 15 is 0 Å². The normalized spacial score (nSPS) is 19.6. The molecule has 6 nitrogen and oxygen atoms in total. The molecule has 146 valence electrons. The highest BCUT2D eigenvalue weighted by Gasteiger charge is 2.36. The Labute approximate surface area is 164 Å². The number of pyridine rings is 1. The molecule has 1 fully saturated rings. The van der Waals surface area contributed by atoms with Crippen LogP contribution >= 0.6 is 0 Å². The third kappa shape index (κ3) is 3.59. The summed E-state index contributed by atoms with van der Waals surface area (Å²) in [5.41, 5.74) is 2.13. The second kappa shape index (κ2) is 8.00. The van der Waals surface area contributed by atoms with Crippen LogP contribution in [0.25, 0.3) is 0 Å². The van der Waals surface area contributed by atoms with Crippen molar-refractivity contribution < 1.29 is 14.7 Å². The second-order valence-electron chi connectivity index (χ2n) is 7.49. The molecule has 1 N–H and O–H groups in total. The first-order valence-corrected chi connectivity index (χ1v) is 9.98. The lowest BCUT2D eigenvalue weighted by molar-refractivity contribution is -0.143. The average molecular weight is 379 g/mol. The molecule has 2 aliphatic rings. The Morgan fingerprint density at radius 3 is 2.39 bits per heavy atom. The average Bonchev–Trinajstić information content (AvgIpc) is 3.02. The number of benzene rings is 1. The lowest BCUT2D eigenvalue weighted by atomic mass is 9.92. The third-order valence-electron chi connectivity index (χ3n) is 5.70. The molecule has 1 saturated heterocycles. The van der Waals surface area contributed by atoms with E-state index in [1.54, 1.807) is 18.3 Å². The van der Waals surface area contributed by atoms with Gasteiger partial charge in [0, 0.05) is 25.8 Å². The maximum Gasteiger partial charge on any atom is 0.331 e. The molecule has 0 radical (unpaired) electrons. The molecule has 0 bridgehead atoms. The Morgan fingerprint density at radius 2 is 1.71 bits per heavy atom. The first-order chi connectivity index (χ1) is 13.6. The summed E-state index contributed by atoms with van der Waals surface area (Å²) in [6, 6.07) is 10.2. The van der Waals surface area contributed by atoms with Crippen LogP contribution in [0.4, 0.5) is 5.82 Å². The molecule has 28 heavy (non-hydrogen) atoms. The van der Waals surface area contributed by atoms with Crippen LogP contribution in [0.15, 0.2) is 42.6 Å². The lowest BCUT2D eigenvalue weighted by Gasteiger charge is -2.34. The standard InChI is InChI=1S/C22H25N3O3/c26-21(17-9-10-19(23-15-17)24-12-5-1-2-6-13-24)25-14-11-16-7-3-4-8-18(16)20(25)22(27)28/h3-4,7-10,15,20H,1-2,5-6,11-14H2,(H,27,28). The molecule has 3 heterocycles. The second-order valence-corrected chi connectivity index (χ2v) is 7.49. The van der Waals surface area contributed by atoms with Gasteiger partial charge in [0.05, 0.1) is 5.56 Å². The van der Waals surface area contributed by atoms with Crippen molar-refractivity contribution in [2.75, 3.05) is 24.5 Å². The van der Waals surface area contributed by atoms with E-state index in [-0.39, 0.29) is 5.91 Å². The minimum atomic E-state index is -1.00. The molecule has 1 aromatic heterocycles. The number of fused-ring (bicyclic) bond motifs is 1. The van der Waals surface area contributed by atoms with Gasteiger partial charge in [0.2, 0.25) is 0 Å². The summed E-state index contributed by atoms with van der Waals surface area (Å²) in [5, 5.41) is 9.78. The fourth-order valence-electron chi connectivity index (χ4n) is 4.22. The molecule has 0 saturated carbocycles. The monoisotopic (exact) mass is 379 g/mol. The zero-order valence-corrected chi connectivity index (χ0v) is 15.9. The summed E-state index contributed by atoms with van der Waals surface area (Å²) < 4.78 is 0. The van der Waals surface area contributed by atoms with Crippen LogP contribution in [-0.2, 0) is 11.2 Å². The molecule has 2 aromatic rings. The van der Waals surface area contributed by atoms with Crippen LogP contribution in [0.5, 0.6) is 0 Å². The topological polar surface area (TPSA) is 73.7 Å². The van der Waals surface area contributed by atoms with Gasteiger partial charge in [-0.25, -0.2) is 9.78 Å². The van der Waals surface area contributed by atoms with Gasteiger partial charge in [0.25, 0.3) is 5.91 Å². The molecule has 0 aliphatic carbocycles. The van der Waals surface area contributed by atoms with E-state index in [0.717, 1.165) is 37.3 Å². The van der Waals surface area contributed by atoms with Crippen molar-refractivity contribution in [2.45, 2.75) is 38.1 Å². The Balaban J connectivity index is 1.56. The van der Waals surface area contributed by atoms with Gasteiger partial charge in [-0.1, -0.05) is 37.1 Å². The summed E-state index contributed by atoms with van der Waals surface area (Å²) in [4.78, 5) is 33.2. The first kappa shape index (κ1) is 18.5. The maximum atomic E-state index is 13.1. The molecular weight excluding hydrogens is 354 g/mol. The highest BCUT2D eigenvalue weighted by Crippen LogP contribution is 2.31. The zero-order chi connectivity index (χ0) is 19.5. The Bertz CT molecular complexity index is 858. The number of carboxylic acid groups (broad SMARTS) is 1. The molecule has 1 unspecified atom stereocenters. The molecule has 1 atom stereocenters. The number of amides is 1. The number of hydrogen-bond acceptors (Lipinski definition) is 4. The Hall–Kier alpha value is -2.89. The van der Waals surface area contributed by atoms with Crippen LogP contribution in [0, 0.1) is 0 Å². The summed E-state index contributed by atoms with van der Waals surface area (Å²) in [6.07, 6.45) is 7.07. The molecular formula is C22H25N3O3. The van der Waals surface area contributed by atoms with Crippen molar-refractivity contribution in [2.24, 2.45) is 0 Å². The lowest BCUT2D eigenvalue weighted by Crippen LogP contribution is -2.43. The molecule has 2 aliphatic heterocycles. The van der Waals surface area contributed by atoms with Crippen LogP contribution in [0.2, 0.25) is 0 Å². The van der Waals surface area contributed by atoms with Gasteiger partial charge in [-0.3, -0.25) is 4.79 Å². The van der Waals surface area contributed by atoms with Crippen LogP contribution in [-0.4, -0.2) is 46.5 Å². The summed E-state index contributed by atoms with van der Waals surface area (Å²) in [7, 11) is 0. The van der Waals surface area contributed by atoms with E-state index in [1.807, 2.05) is 24.3 Å². The van der Waals surface area contributed by atoms with E-state index in [2.05, 4.69) is 9.88 Å². The van der Waals surface area contributed by atoms with E-state index in [9.17, 15) is 14.7 Å². The number of rotatable bonds is 3. The first-order valence-electron chi connectivity index (χ1n) is 9.98. The van der Waals surface area contributed by atoms with Crippen LogP contribution in [0.3, 0.4) is 0 Å². The molecule has 4 rings (SSSR count). The highest BCUT2D eigenvalue weighted by atomic mass is 16.4. The number of carboxylic acids is 1. The largest absolute Gasteiger partial charge is 0.479 e. The molecule has 6 heteroatoms. The number of nitrogens with zero attached hydrogens (tertiary/aromatic N) is 3. The van der Waals surface area contributed by atoms with Gasteiger partial charge in [0.1, 0.15) is 5.82 Å². The van der Waals surface area contributed by atoms with Crippen molar-refractivity contribution in [1.29, 1.82) is 0 Å². The number of hydrogen-bond donors (Lipinski definition) is 1. The van der Waals surface area contributed by atoms with Crippen molar-refractivity contribution in [3.05, 3.63) is 59.3 Å². The van der Waals surface area contributed by atoms with Crippen LogP contribution < -0.4 is 4.90 Å². The van der Waals surface area contributed by atoms with Crippen molar-refractivity contribution in [1.82, 2.24) is 9.88 Å². The molecule has 1 aromatic carbocycles. The number of anilines is 1. The van der Waals surface area contributed by atoms with Gasteiger partial charge in [0.15, 0.2) is 6.04 Å². The molecule has 0 spiro atoms. The van der Waals surface area contributed by atoms with Crippen molar-refractivity contribution >= 4 is 17.7 Å². The SMILES string of the molecule is O=C(O)C1c2ccccc2CCN1C(=O)c1ccc(N2CCCCCC2)nc1. The summed E-state index contributed by atoms with van der Waals surface area (Å²) in [5.74, 6) is -0.399. The quantitative estimate of drug-likeness (QED) is 0.886. The zero-order valence-electron chi connectivity index (χ0n) is 15.9.